The first kappa shape index (κ1) is 43.1. The molecule has 0 amide bonds. The van der Waals surface area contributed by atoms with Gasteiger partial charge in [0, 0.05) is 19.8 Å². The lowest BCUT2D eigenvalue weighted by molar-refractivity contribution is -0.139. The van der Waals surface area contributed by atoms with E-state index in [1.54, 1.807) is 14.2 Å². The largest absolute Gasteiger partial charge is 0.455 e. The van der Waals surface area contributed by atoms with Gasteiger partial charge in [-0.3, -0.25) is 0 Å². The number of carbonyl (C=O) groups excluding carboxylic acids is 1. The average Bonchev–Trinajstić information content (AvgIpc) is 3.68. The first-order valence-corrected chi connectivity index (χ1v) is 19.5. The van der Waals surface area contributed by atoms with Crippen molar-refractivity contribution in [2.45, 2.75) is 179 Å². The Morgan fingerprint density at radius 1 is 0.667 bits per heavy atom. The summed E-state index contributed by atoms with van der Waals surface area (Å²) in [5, 5.41) is 0. The second kappa shape index (κ2) is 29.6. The SMILES string of the molecule is CCCCCCCCCC[C@@H](CO[C@@H]1COC[C@H]1OC[C@H](CCCCCCCCCCCCC1=C[C@H](C)OC1=O)OCOC)OCOC. The van der Waals surface area contributed by atoms with Crippen molar-refractivity contribution in [2.24, 2.45) is 0 Å². The first-order chi connectivity index (χ1) is 23.6. The number of esters is 1. The van der Waals surface area contributed by atoms with E-state index in [9.17, 15) is 4.79 Å². The molecule has 9 nitrogen and oxygen atoms in total. The van der Waals surface area contributed by atoms with Crippen molar-refractivity contribution in [2.75, 3.05) is 54.2 Å². The van der Waals surface area contributed by atoms with Crippen LogP contribution in [0.3, 0.4) is 0 Å². The van der Waals surface area contributed by atoms with Crippen molar-refractivity contribution in [3.63, 3.8) is 0 Å². The molecule has 0 aliphatic carbocycles. The summed E-state index contributed by atoms with van der Waals surface area (Å²) in [5.74, 6) is -0.119. The maximum Gasteiger partial charge on any atom is 0.334 e. The zero-order valence-electron chi connectivity index (χ0n) is 31.2. The number of rotatable bonds is 34. The Labute approximate surface area is 293 Å². The van der Waals surface area contributed by atoms with Crippen LogP contribution < -0.4 is 0 Å². The van der Waals surface area contributed by atoms with Crippen LogP contribution in [0.15, 0.2) is 11.6 Å². The summed E-state index contributed by atoms with van der Waals surface area (Å²) >= 11 is 0. The molecule has 2 aliphatic rings. The molecule has 0 spiro atoms. The van der Waals surface area contributed by atoms with Crippen molar-refractivity contribution < 1.29 is 42.7 Å². The summed E-state index contributed by atoms with van der Waals surface area (Å²) in [6, 6.07) is 0. The Hall–Kier alpha value is -1.07. The molecule has 9 heteroatoms. The zero-order valence-corrected chi connectivity index (χ0v) is 31.2. The second-order valence-corrected chi connectivity index (χ2v) is 13.8. The molecular weight excluding hydrogens is 612 g/mol. The lowest BCUT2D eigenvalue weighted by Gasteiger charge is -2.25. The van der Waals surface area contributed by atoms with Crippen molar-refractivity contribution >= 4 is 5.97 Å². The molecule has 0 N–H and O–H groups in total. The molecule has 2 aliphatic heterocycles. The summed E-state index contributed by atoms with van der Waals surface area (Å²) in [6.07, 6.45) is 27.1. The molecule has 1 fully saturated rings. The van der Waals surface area contributed by atoms with Crippen LogP contribution in [0.4, 0.5) is 0 Å². The number of unbranched alkanes of at least 4 members (excludes halogenated alkanes) is 16. The molecule has 0 saturated carbocycles. The minimum absolute atomic E-state index is 0.00368. The average molecular weight is 685 g/mol. The van der Waals surface area contributed by atoms with Gasteiger partial charge >= 0.3 is 5.97 Å². The summed E-state index contributed by atoms with van der Waals surface area (Å²) in [6.45, 7) is 6.84. The van der Waals surface area contributed by atoms with Gasteiger partial charge in [-0.25, -0.2) is 4.79 Å². The van der Waals surface area contributed by atoms with Crippen LogP contribution in [0.1, 0.15) is 149 Å². The van der Waals surface area contributed by atoms with Crippen LogP contribution >= 0.6 is 0 Å². The molecule has 2 heterocycles. The maximum absolute atomic E-state index is 11.7. The fourth-order valence-electron chi connectivity index (χ4n) is 6.47. The first-order valence-electron chi connectivity index (χ1n) is 19.5. The highest BCUT2D eigenvalue weighted by Crippen LogP contribution is 2.21. The standard InChI is InChI=1S/C39H72O9/c1-5-6-7-8-9-15-18-21-24-35(46-31-41-3)27-44-37-29-43-30-38(37)45-28-36(47-32-42-4)25-22-19-16-13-11-10-12-14-17-20-23-34-26-33(2)48-39(34)40/h26,33,35-38H,5-25,27-32H2,1-4H3/t33-,35-,36-,37+,38+/m0/s1. The van der Waals surface area contributed by atoms with Gasteiger partial charge in [-0.15, -0.1) is 0 Å². The Balaban J connectivity index is 1.54. The van der Waals surface area contributed by atoms with E-state index in [4.69, 9.17) is 37.9 Å². The monoisotopic (exact) mass is 685 g/mol. The summed E-state index contributed by atoms with van der Waals surface area (Å²) in [5.41, 5.74) is 0.868. The topological polar surface area (TPSA) is 90.9 Å². The number of ether oxygens (including phenoxy) is 8. The van der Waals surface area contributed by atoms with Crippen molar-refractivity contribution in [1.82, 2.24) is 0 Å². The van der Waals surface area contributed by atoms with Gasteiger partial charge in [0.05, 0.1) is 38.6 Å². The lowest BCUT2D eigenvalue weighted by Crippen LogP contribution is -2.36. The van der Waals surface area contributed by atoms with Gasteiger partial charge < -0.3 is 37.9 Å². The summed E-state index contributed by atoms with van der Waals surface area (Å²) in [7, 11) is 3.32. The van der Waals surface area contributed by atoms with E-state index in [-0.39, 0.29) is 50.1 Å². The smallest absolute Gasteiger partial charge is 0.334 e. The Kier molecular flexibility index (Phi) is 26.6. The Morgan fingerprint density at radius 3 is 1.52 bits per heavy atom. The molecule has 0 aromatic carbocycles. The van der Waals surface area contributed by atoms with Gasteiger partial charge in [0.1, 0.15) is 31.9 Å². The van der Waals surface area contributed by atoms with Crippen LogP contribution in [0.2, 0.25) is 0 Å². The fourth-order valence-corrected chi connectivity index (χ4v) is 6.47. The third kappa shape index (κ3) is 21.2. The Morgan fingerprint density at radius 2 is 1.10 bits per heavy atom. The van der Waals surface area contributed by atoms with E-state index in [1.807, 2.05) is 13.0 Å². The van der Waals surface area contributed by atoms with Gasteiger partial charge in [0.25, 0.3) is 0 Å². The van der Waals surface area contributed by atoms with E-state index in [2.05, 4.69) is 6.92 Å². The van der Waals surface area contributed by atoms with E-state index < -0.39 is 0 Å². The second-order valence-electron chi connectivity index (χ2n) is 13.8. The normalized spacial score (nSPS) is 20.7. The fraction of sp³-hybridized carbons (Fsp3) is 0.923. The maximum atomic E-state index is 11.7. The van der Waals surface area contributed by atoms with E-state index in [1.165, 1.54) is 96.3 Å². The van der Waals surface area contributed by atoms with Crippen molar-refractivity contribution in [3.8, 4) is 0 Å². The highest BCUT2D eigenvalue weighted by atomic mass is 16.7. The molecular formula is C39H72O9. The predicted octanol–water partition coefficient (Wildman–Crippen LogP) is 8.85. The Bertz CT molecular complexity index is 791. The zero-order chi connectivity index (χ0) is 34.5. The molecule has 0 radical (unpaired) electrons. The number of methoxy groups -OCH3 is 2. The summed E-state index contributed by atoms with van der Waals surface area (Å²) in [4.78, 5) is 11.7. The molecule has 1 saturated heterocycles. The molecule has 48 heavy (non-hydrogen) atoms. The third-order valence-corrected chi connectivity index (χ3v) is 9.41. The van der Waals surface area contributed by atoms with Crippen LogP contribution in [0.25, 0.3) is 0 Å². The van der Waals surface area contributed by atoms with Gasteiger partial charge in [0.2, 0.25) is 0 Å². The molecule has 0 aromatic heterocycles. The number of cyclic esters (lactones) is 1. The van der Waals surface area contributed by atoms with Gasteiger partial charge in [-0.05, 0) is 38.7 Å². The van der Waals surface area contributed by atoms with E-state index >= 15 is 0 Å². The van der Waals surface area contributed by atoms with E-state index in [0.717, 1.165) is 44.1 Å². The minimum Gasteiger partial charge on any atom is -0.455 e. The molecule has 0 aromatic rings. The van der Waals surface area contributed by atoms with Crippen molar-refractivity contribution in [1.29, 1.82) is 0 Å². The van der Waals surface area contributed by atoms with Crippen LogP contribution in [0.5, 0.6) is 0 Å². The third-order valence-electron chi connectivity index (χ3n) is 9.41. The number of carbonyl (C=O) groups is 1. The van der Waals surface area contributed by atoms with Gasteiger partial charge in [0.15, 0.2) is 0 Å². The van der Waals surface area contributed by atoms with Crippen LogP contribution in [0, 0.1) is 0 Å². The quantitative estimate of drug-likeness (QED) is 0.0375. The highest BCUT2D eigenvalue weighted by molar-refractivity contribution is 5.90. The lowest BCUT2D eigenvalue weighted by atomic mass is 10.0. The van der Waals surface area contributed by atoms with Crippen LogP contribution in [-0.4, -0.2) is 90.7 Å². The molecule has 2 rings (SSSR count). The number of hydrogen-bond donors (Lipinski definition) is 0. The van der Waals surface area contributed by atoms with Gasteiger partial charge in [-0.2, -0.15) is 0 Å². The molecule has 282 valence electrons. The number of hydrogen-bond acceptors (Lipinski definition) is 9. The van der Waals surface area contributed by atoms with Crippen molar-refractivity contribution in [3.05, 3.63) is 11.6 Å². The summed E-state index contributed by atoms with van der Waals surface area (Å²) < 4.78 is 45.8. The molecule has 0 unspecified atom stereocenters. The predicted molar refractivity (Wildman–Crippen MR) is 190 cm³/mol. The molecule has 0 bridgehead atoms. The minimum atomic E-state index is -0.119. The van der Waals surface area contributed by atoms with Crippen LogP contribution in [-0.2, 0) is 42.7 Å². The molecule has 5 atom stereocenters. The van der Waals surface area contributed by atoms with E-state index in [0.29, 0.717) is 26.4 Å². The highest BCUT2D eigenvalue weighted by Gasteiger charge is 2.31. The van der Waals surface area contributed by atoms with Gasteiger partial charge in [-0.1, -0.05) is 116 Å².